The number of aryl methyl sites for hydroxylation is 1. The summed E-state index contributed by atoms with van der Waals surface area (Å²) in [7, 11) is 0. The summed E-state index contributed by atoms with van der Waals surface area (Å²) in [6, 6.07) is 5.36. The molecule has 0 saturated carbocycles. The summed E-state index contributed by atoms with van der Waals surface area (Å²) in [5.74, 6) is 0.248. The van der Waals surface area contributed by atoms with Crippen molar-refractivity contribution in [2.75, 3.05) is 0 Å². The van der Waals surface area contributed by atoms with Gasteiger partial charge in [0.1, 0.15) is 5.75 Å². The van der Waals surface area contributed by atoms with Gasteiger partial charge in [-0.3, -0.25) is 0 Å². The summed E-state index contributed by atoms with van der Waals surface area (Å²) in [5.41, 5.74) is 1.05. The van der Waals surface area contributed by atoms with Crippen molar-refractivity contribution in [1.82, 2.24) is 0 Å². The first-order chi connectivity index (χ1) is 4.20. The number of aromatic hydroxyl groups is 1. The fraction of sp³-hybridized carbons (Fsp3) is 0.143. The third-order valence-electron chi connectivity index (χ3n) is 1.13. The Bertz CT molecular complexity index is 225. The first kappa shape index (κ1) is 10.4. The second kappa shape index (κ2) is 4.29. The number of hydrogen-bond donors (Lipinski definition) is 2. The molecule has 10 heavy (non-hydrogen) atoms. The Balaban J connectivity index is 0.000000810. The van der Waals surface area contributed by atoms with Gasteiger partial charge in [-0.05, 0) is 24.6 Å². The molecule has 0 amide bonds. The Morgan fingerprint density at radius 3 is 2.40 bits per heavy atom. The van der Waals surface area contributed by atoms with Crippen molar-refractivity contribution < 1.29 is 5.11 Å². The van der Waals surface area contributed by atoms with Crippen LogP contribution in [-0.4, -0.2) is 34.7 Å². The molecule has 0 heterocycles. The van der Waals surface area contributed by atoms with E-state index >= 15 is 0 Å². The van der Waals surface area contributed by atoms with E-state index in [4.69, 9.17) is 5.11 Å². The molecule has 1 nitrogen and oxygen atoms in total. The molecule has 1 rings (SSSR count). The van der Waals surface area contributed by atoms with Gasteiger partial charge in [0, 0.05) is 34.5 Å². The van der Waals surface area contributed by atoms with Crippen LogP contribution in [0.1, 0.15) is 5.56 Å². The van der Waals surface area contributed by atoms with Gasteiger partial charge >= 0.3 is 0 Å². The van der Waals surface area contributed by atoms with E-state index in [1.165, 1.54) is 0 Å². The topological polar surface area (TPSA) is 20.2 Å². The van der Waals surface area contributed by atoms with Gasteiger partial charge in [0.2, 0.25) is 0 Å². The molecule has 0 aliphatic carbocycles. The summed E-state index contributed by atoms with van der Waals surface area (Å²) in [6.45, 7) is 1.92. The molecular formula is C7H8NaOS. The van der Waals surface area contributed by atoms with Crippen LogP contribution in [0.5, 0.6) is 5.75 Å². The standard InChI is InChI=1S/C7H8OS.Na/c1-5-2-3-7(9)6(8)4-5;/h2-4,8-9H,1H3;. The monoisotopic (exact) mass is 163 g/mol. The zero-order chi connectivity index (χ0) is 6.85. The van der Waals surface area contributed by atoms with Crippen LogP contribution >= 0.6 is 12.6 Å². The molecular weight excluding hydrogens is 155 g/mol. The molecule has 0 aliphatic rings. The van der Waals surface area contributed by atoms with Gasteiger partial charge in [0.25, 0.3) is 0 Å². The molecule has 3 heteroatoms. The molecule has 0 fully saturated rings. The van der Waals surface area contributed by atoms with Crippen molar-refractivity contribution in [3.05, 3.63) is 23.8 Å². The second-order valence-electron chi connectivity index (χ2n) is 1.99. The van der Waals surface area contributed by atoms with E-state index < -0.39 is 0 Å². The number of thiol groups is 1. The van der Waals surface area contributed by atoms with Crippen LogP contribution in [0.15, 0.2) is 23.1 Å². The average molecular weight is 163 g/mol. The van der Waals surface area contributed by atoms with Gasteiger partial charge in [-0.2, -0.15) is 0 Å². The first-order valence-electron chi connectivity index (χ1n) is 2.69. The molecule has 49 valence electrons. The maximum atomic E-state index is 9.02. The van der Waals surface area contributed by atoms with E-state index in [0.717, 1.165) is 5.56 Å². The molecule has 0 unspecified atom stereocenters. The maximum absolute atomic E-state index is 9.02. The summed E-state index contributed by atoms with van der Waals surface area (Å²) in [6.07, 6.45) is 0. The second-order valence-corrected chi connectivity index (χ2v) is 2.47. The summed E-state index contributed by atoms with van der Waals surface area (Å²) in [4.78, 5) is 0.626. The van der Waals surface area contributed by atoms with Crippen molar-refractivity contribution in [1.29, 1.82) is 0 Å². The smallest absolute Gasteiger partial charge is 0.129 e. The summed E-state index contributed by atoms with van der Waals surface area (Å²) < 4.78 is 0. The Morgan fingerprint density at radius 2 is 2.00 bits per heavy atom. The Kier molecular flexibility index (Phi) is 4.45. The fourth-order valence-electron chi connectivity index (χ4n) is 0.633. The van der Waals surface area contributed by atoms with Crippen LogP contribution in [0, 0.1) is 6.92 Å². The van der Waals surface area contributed by atoms with E-state index in [2.05, 4.69) is 12.6 Å². The van der Waals surface area contributed by atoms with Crippen LogP contribution < -0.4 is 0 Å². The number of benzene rings is 1. The van der Waals surface area contributed by atoms with Gasteiger partial charge in [-0.1, -0.05) is 6.07 Å². The number of rotatable bonds is 0. The fourth-order valence-corrected chi connectivity index (χ4v) is 0.773. The molecule has 0 aliphatic heterocycles. The molecule has 0 saturated heterocycles. The predicted octanol–water partition coefficient (Wildman–Crippen LogP) is 1.61. The minimum atomic E-state index is 0. The Labute approximate surface area is 88.2 Å². The number of phenolic OH excluding ortho intramolecular Hbond substituents is 1. The first-order valence-corrected chi connectivity index (χ1v) is 3.13. The van der Waals surface area contributed by atoms with E-state index in [1.54, 1.807) is 12.1 Å². The summed E-state index contributed by atoms with van der Waals surface area (Å²) >= 11 is 4.00. The van der Waals surface area contributed by atoms with E-state index in [9.17, 15) is 0 Å². The quantitative estimate of drug-likeness (QED) is 0.440. The van der Waals surface area contributed by atoms with Crippen LogP contribution in [0.25, 0.3) is 0 Å². The maximum Gasteiger partial charge on any atom is 0.129 e. The van der Waals surface area contributed by atoms with Gasteiger partial charge < -0.3 is 5.11 Å². The molecule has 1 N–H and O–H groups in total. The Hall–Kier alpha value is 0.370. The normalized spacial score (nSPS) is 8.60. The van der Waals surface area contributed by atoms with Crippen LogP contribution in [0.4, 0.5) is 0 Å². The SMILES string of the molecule is Cc1ccc(S)c(O)c1.[Na]. The van der Waals surface area contributed by atoms with Gasteiger partial charge in [0.05, 0.1) is 0 Å². The van der Waals surface area contributed by atoms with Crippen LogP contribution in [0.2, 0.25) is 0 Å². The third kappa shape index (κ3) is 2.54. The van der Waals surface area contributed by atoms with Crippen LogP contribution in [-0.2, 0) is 0 Å². The molecule has 0 aromatic heterocycles. The molecule has 0 spiro atoms. The summed E-state index contributed by atoms with van der Waals surface area (Å²) in [5, 5.41) is 9.02. The van der Waals surface area contributed by atoms with Crippen molar-refractivity contribution in [3.8, 4) is 5.75 Å². The molecule has 1 aromatic carbocycles. The zero-order valence-corrected chi connectivity index (χ0v) is 9.02. The average Bonchev–Trinajstić information content (AvgIpc) is 1.80. The minimum Gasteiger partial charge on any atom is -0.507 e. The van der Waals surface area contributed by atoms with Crippen molar-refractivity contribution in [2.24, 2.45) is 0 Å². The molecule has 1 aromatic rings. The van der Waals surface area contributed by atoms with Gasteiger partial charge in [0.15, 0.2) is 0 Å². The van der Waals surface area contributed by atoms with E-state index in [-0.39, 0.29) is 35.3 Å². The van der Waals surface area contributed by atoms with Crippen LogP contribution in [0.3, 0.4) is 0 Å². The largest absolute Gasteiger partial charge is 0.507 e. The van der Waals surface area contributed by atoms with Crippen molar-refractivity contribution in [3.63, 3.8) is 0 Å². The molecule has 0 atom stereocenters. The molecule has 0 bridgehead atoms. The minimum absolute atomic E-state index is 0. The van der Waals surface area contributed by atoms with Gasteiger partial charge in [-0.25, -0.2) is 0 Å². The number of phenols is 1. The zero-order valence-electron chi connectivity index (χ0n) is 6.13. The molecule has 1 radical (unpaired) electrons. The van der Waals surface area contributed by atoms with Crippen molar-refractivity contribution in [2.45, 2.75) is 11.8 Å². The van der Waals surface area contributed by atoms with E-state index in [0.29, 0.717) is 4.90 Å². The Morgan fingerprint density at radius 1 is 1.40 bits per heavy atom. The number of hydrogen-bond acceptors (Lipinski definition) is 2. The van der Waals surface area contributed by atoms with Crippen molar-refractivity contribution >= 4 is 42.2 Å². The third-order valence-corrected chi connectivity index (χ3v) is 1.51. The van der Waals surface area contributed by atoms with Gasteiger partial charge in [-0.15, -0.1) is 12.6 Å². The predicted molar refractivity (Wildman–Crippen MR) is 45.8 cm³/mol. The van der Waals surface area contributed by atoms with E-state index in [1.807, 2.05) is 13.0 Å².